The average molecular weight is 298 g/mol. The third-order valence-corrected chi connectivity index (χ3v) is 3.58. The summed E-state index contributed by atoms with van der Waals surface area (Å²) in [6.07, 6.45) is 0.400. The minimum absolute atomic E-state index is 0.0164. The maximum atomic E-state index is 12.0. The molecule has 0 aromatic heterocycles. The van der Waals surface area contributed by atoms with Crippen molar-refractivity contribution in [1.82, 2.24) is 5.32 Å². The molecule has 0 spiro atoms. The number of thiocarbonyl (C=S) groups is 1. The maximum Gasteiger partial charge on any atom is 0.224 e. The van der Waals surface area contributed by atoms with Gasteiger partial charge in [0.2, 0.25) is 5.91 Å². The fourth-order valence-electron chi connectivity index (χ4n) is 2.03. The van der Waals surface area contributed by atoms with E-state index in [4.69, 9.17) is 18.0 Å². The van der Waals surface area contributed by atoms with Gasteiger partial charge < -0.3 is 11.1 Å². The summed E-state index contributed by atoms with van der Waals surface area (Å²) in [5, 5.41) is 2.92. The number of benzene rings is 2. The smallest absolute Gasteiger partial charge is 0.224 e. The van der Waals surface area contributed by atoms with Crippen LogP contribution in [-0.4, -0.2) is 10.9 Å². The van der Waals surface area contributed by atoms with Crippen molar-refractivity contribution in [3.8, 4) is 0 Å². The Kier molecular flexibility index (Phi) is 5.06. The van der Waals surface area contributed by atoms with Gasteiger partial charge in [-0.1, -0.05) is 60.7 Å². The van der Waals surface area contributed by atoms with Gasteiger partial charge in [-0.25, -0.2) is 0 Å². The number of nitrogens with one attached hydrogen (secondary N) is 1. The van der Waals surface area contributed by atoms with Crippen molar-refractivity contribution in [2.45, 2.75) is 19.9 Å². The molecule has 3 N–H and O–H groups in total. The van der Waals surface area contributed by atoms with Gasteiger partial charge in [0.25, 0.3) is 0 Å². The highest BCUT2D eigenvalue weighted by molar-refractivity contribution is 7.80. The summed E-state index contributed by atoms with van der Waals surface area (Å²) in [5.41, 5.74) is 9.59. The van der Waals surface area contributed by atoms with Crippen LogP contribution in [0.1, 0.15) is 22.3 Å². The Morgan fingerprint density at radius 2 is 1.81 bits per heavy atom. The quantitative estimate of drug-likeness (QED) is 0.834. The highest BCUT2D eigenvalue weighted by Crippen LogP contribution is 2.08. The number of amides is 1. The lowest BCUT2D eigenvalue weighted by Crippen LogP contribution is -2.24. The molecule has 0 atom stereocenters. The monoisotopic (exact) mass is 298 g/mol. The van der Waals surface area contributed by atoms with E-state index >= 15 is 0 Å². The molecule has 0 aliphatic heterocycles. The van der Waals surface area contributed by atoms with Crippen LogP contribution in [0.25, 0.3) is 0 Å². The second-order valence-corrected chi connectivity index (χ2v) is 5.38. The summed E-state index contributed by atoms with van der Waals surface area (Å²) in [4.78, 5) is 12.3. The van der Waals surface area contributed by atoms with E-state index < -0.39 is 0 Å². The standard InChI is InChI=1S/C17H18N2OS/c1-12-4-2-3-5-15(12)10-16(20)19-11-13-6-8-14(9-7-13)17(18)21/h2-9H,10-11H2,1H3,(H2,18,21)(H,19,20). The van der Waals surface area contributed by atoms with Crippen molar-refractivity contribution in [2.75, 3.05) is 0 Å². The lowest BCUT2D eigenvalue weighted by atomic mass is 10.1. The van der Waals surface area contributed by atoms with Crippen LogP contribution in [0.2, 0.25) is 0 Å². The first kappa shape index (κ1) is 15.2. The van der Waals surface area contributed by atoms with Gasteiger partial charge in [0.1, 0.15) is 4.99 Å². The Labute approximate surface area is 130 Å². The summed E-state index contributed by atoms with van der Waals surface area (Å²) in [5.74, 6) is 0.0164. The van der Waals surface area contributed by atoms with Crippen LogP contribution < -0.4 is 11.1 Å². The molecule has 2 aromatic carbocycles. The molecule has 0 radical (unpaired) electrons. The van der Waals surface area contributed by atoms with E-state index in [1.165, 1.54) is 0 Å². The second kappa shape index (κ2) is 6.99. The number of aryl methyl sites for hydroxylation is 1. The molecule has 0 heterocycles. The van der Waals surface area contributed by atoms with E-state index in [9.17, 15) is 4.79 Å². The molecule has 3 nitrogen and oxygen atoms in total. The molecular formula is C17H18N2OS. The van der Waals surface area contributed by atoms with Gasteiger partial charge in [0.15, 0.2) is 0 Å². The van der Waals surface area contributed by atoms with E-state index in [1.807, 2.05) is 55.5 Å². The first-order valence-corrected chi connectivity index (χ1v) is 7.17. The molecule has 0 saturated carbocycles. The molecule has 0 aliphatic carbocycles. The van der Waals surface area contributed by atoms with Crippen molar-refractivity contribution in [2.24, 2.45) is 5.73 Å². The predicted molar refractivity (Wildman–Crippen MR) is 89.1 cm³/mol. The number of nitrogens with two attached hydrogens (primary N) is 1. The Morgan fingerprint density at radius 1 is 1.14 bits per heavy atom. The SMILES string of the molecule is Cc1ccccc1CC(=O)NCc1ccc(C(N)=S)cc1. The fourth-order valence-corrected chi connectivity index (χ4v) is 2.17. The average Bonchev–Trinajstić information content (AvgIpc) is 2.48. The topological polar surface area (TPSA) is 55.1 Å². The first-order valence-electron chi connectivity index (χ1n) is 6.76. The molecule has 0 bridgehead atoms. The summed E-state index contributed by atoms with van der Waals surface area (Å²) in [6.45, 7) is 2.51. The van der Waals surface area contributed by atoms with Gasteiger partial charge in [-0.2, -0.15) is 0 Å². The van der Waals surface area contributed by atoms with Gasteiger partial charge in [0.05, 0.1) is 6.42 Å². The second-order valence-electron chi connectivity index (χ2n) is 4.94. The van der Waals surface area contributed by atoms with Crippen LogP contribution in [0.4, 0.5) is 0 Å². The van der Waals surface area contributed by atoms with Crippen molar-refractivity contribution in [3.63, 3.8) is 0 Å². The molecule has 2 rings (SSSR count). The van der Waals surface area contributed by atoms with Crippen molar-refractivity contribution in [1.29, 1.82) is 0 Å². The number of rotatable bonds is 5. The maximum absolute atomic E-state index is 12.0. The molecule has 0 aliphatic rings. The predicted octanol–water partition coefficient (Wildman–Crippen LogP) is 2.49. The highest BCUT2D eigenvalue weighted by atomic mass is 32.1. The van der Waals surface area contributed by atoms with Gasteiger partial charge >= 0.3 is 0 Å². The minimum Gasteiger partial charge on any atom is -0.389 e. The molecule has 21 heavy (non-hydrogen) atoms. The van der Waals surface area contributed by atoms with Crippen molar-refractivity contribution < 1.29 is 4.79 Å². The highest BCUT2D eigenvalue weighted by Gasteiger charge is 2.05. The number of hydrogen-bond donors (Lipinski definition) is 2. The van der Waals surface area contributed by atoms with E-state index in [0.717, 1.165) is 22.3 Å². The third-order valence-electron chi connectivity index (χ3n) is 3.34. The lowest BCUT2D eigenvalue weighted by molar-refractivity contribution is -0.120. The minimum atomic E-state index is 0.0164. The molecule has 2 aromatic rings. The van der Waals surface area contributed by atoms with Crippen LogP contribution in [0.5, 0.6) is 0 Å². The fraction of sp³-hybridized carbons (Fsp3) is 0.176. The van der Waals surface area contributed by atoms with E-state index in [2.05, 4.69) is 5.32 Å². The van der Waals surface area contributed by atoms with Gasteiger partial charge in [-0.05, 0) is 23.6 Å². The van der Waals surface area contributed by atoms with Crippen LogP contribution in [0.3, 0.4) is 0 Å². The summed E-state index contributed by atoms with van der Waals surface area (Å²) >= 11 is 4.90. The van der Waals surface area contributed by atoms with Gasteiger partial charge in [-0.3, -0.25) is 4.79 Å². The van der Waals surface area contributed by atoms with Crippen LogP contribution in [-0.2, 0) is 17.8 Å². The molecule has 0 unspecified atom stereocenters. The largest absolute Gasteiger partial charge is 0.389 e. The molecule has 1 amide bonds. The summed E-state index contributed by atoms with van der Waals surface area (Å²) < 4.78 is 0. The summed E-state index contributed by atoms with van der Waals surface area (Å²) in [7, 11) is 0. The van der Waals surface area contributed by atoms with Crippen molar-refractivity contribution in [3.05, 3.63) is 70.8 Å². The normalized spacial score (nSPS) is 10.1. The first-order chi connectivity index (χ1) is 10.1. The Hall–Kier alpha value is -2.20. The van der Waals surface area contributed by atoms with E-state index in [1.54, 1.807) is 0 Å². The Morgan fingerprint density at radius 3 is 2.43 bits per heavy atom. The zero-order valence-electron chi connectivity index (χ0n) is 11.9. The zero-order valence-corrected chi connectivity index (χ0v) is 12.7. The van der Waals surface area contributed by atoms with Crippen LogP contribution in [0, 0.1) is 6.92 Å². The zero-order chi connectivity index (χ0) is 15.2. The van der Waals surface area contributed by atoms with Gasteiger partial charge in [-0.15, -0.1) is 0 Å². The van der Waals surface area contributed by atoms with Crippen LogP contribution in [0.15, 0.2) is 48.5 Å². The molecule has 4 heteroatoms. The third kappa shape index (κ3) is 4.39. The van der Waals surface area contributed by atoms with Crippen molar-refractivity contribution >= 4 is 23.1 Å². The van der Waals surface area contributed by atoms with Crippen LogP contribution >= 0.6 is 12.2 Å². The molecular weight excluding hydrogens is 280 g/mol. The molecule has 0 fully saturated rings. The number of carbonyl (C=O) groups is 1. The lowest BCUT2D eigenvalue weighted by Gasteiger charge is -2.08. The molecule has 108 valence electrons. The van der Waals surface area contributed by atoms with E-state index in [0.29, 0.717) is 18.0 Å². The number of hydrogen-bond acceptors (Lipinski definition) is 2. The Balaban J connectivity index is 1.89. The van der Waals surface area contributed by atoms with Gasteiger partial charge in [0, 0.05) is 12.1 Å². The number of carbonyl (C=O) groups excluding carboxylic acids is 1. The van der Waals surface area contributed by atoms with E-state index in [-0.39, 0.29) is 5.91 Å². The summed E-state index contributed by atoms with van der Waals surface area (Å²) in [6, 6.07) is 15.5. The molecule has 0 saturated heterocycles. The Bertz CT molecular complexity index is 650.